The van der Waals surface area contributed by atoms with Gasteiger partial charge in [-0.05, 0) is 25.0 Å². The fourth-order valence-electron chi connectivity index (χ4n) is 2.58. The van der Waals surface area contributed by atoms with Crippen LogP contribution in [0.1, 0.15) is 31.1 Å². The van der Waals surface area contributed by atoms with Crippen LogP contribution in [-0.2, 0) is 14.3 Å². The maximum atomic E-state index is 12.4. The maximum absolute atomic E-state index is 12.4. The first kappa shape index (κ1) is 16.8. The minimum atomic E-state index is -0.567. The Hall–Kier alpha value is -2.55. The molecule has 122 valence electrons. The fraction of sp³-hybridized carbons (Fsp3) is 0.471. The van der Waals surface area contributed by atoms with E-state index in [2.05, 4.69) is 10.9 Å². The van der Waals surface area contributed by atoms with E-state index in [9.17, 15) is 9.59 Å². The third-order valence-corrected chi connectivity index (χ3v) is 3.77. The van der Waals surface area contributed by atoms with Crippen LogP contribution in [0.25, 0.3) is 0 Å². The highest BCUT2D eigenvalue weighted by molar-refractivity contribution is 5.75. The van der Waals surface area contributed by atoms with E-state index >= 15 is 0 Å². The van der Waals surface area contributed by atoms with Crippen LogP contribution in [0.15, 0.2) is 24.4 Å². The van der Waals surface area contributed by atoms with E-state index in [1.807, 2.05) is 6.07 Å². The second-order valence-electron chi connectivity index (χ2n) is 5.34. The number of rotatable bonds is 4. The lowest BCUT2D eigenvalue weighted by Crippen LogP contribution is -2.42. The summed E-state index contributed by atoms with van der Waals surface area (Å²) in [5.41, 5.74) is 0.624. The normalized spacial score (nSPS) is 18.6. The van der Waals surface area contributed by atoms with Gasteiger partial charge in [0.2, 0.25) is 0 Å². The largest absolute Gasteiger partial charge is 0.455 e. The van der Waals surface area contributed by atoms with Gasteiger partial charge in [-0.15, -0.1) is 12.3 Å². The average Bonchev–Trinajstić information content (AvgIpc) is 2.61. The summed E-state index contributed by atoms with van der Waals surface area (Å²) in [4.78, 5) is 29.7. The van der Waals surface area contributed by atoms with Crippen LogP contribution >= 0.6 is 0 Å². The van der Waals surface area contributed by atoms with Gasteiger partial charge in [-0.3, -0.25) is 9.78 Å². The summed E-state index contributed by atoms with van der Waals surface area (Å²) in [6, 6.07) is 5.38. The number of ether oxygens (including phenoxy) is 2. The Morgan fingerprint density at radius 2 is 2.35 bits per heavy atom. The number of carbonyl (C=O) groups excluding carboxylic acids is 2. The second kappa shape index (κ2) is 8.18. The van der Waals surface area contributed by atoms with Crippen LogP contribution in [0, 0.1) is 18.3 Å². The second-order valence-corrected chi connectivity index (χ2v) is 5.34. The van der Waals surface area contributed by atoms with Crippen molar-refractivity contribution in [2.75, 3.05) is 20.2 Å². The number of hydrogen-bond donors (Lipinski definition) is 0. The van der Waals surface area contributed by atoms with Crippen molar-refractivity contribution in [1.82, 2.24) is 9.88 Å². The zero-order valence-electron chi connectivity index (χ0n) is 13.1. The van der Waals surface area contributed by atoms with E-state index in [0.29, 0.717) is 25.2 Å². The summed E-state index contributed by atoms with van der Waals surface area (Å²) >= 11 is 0. The van der Waals surface area contributed by atoms with Gasteiger partial charge in [0.1, 0.15) is 0 Å². The van der Waals surface area contributed by atoms with Crippen LogP contribution in [0.3, 0.4) is 0 Å². The molecule has 0 spiro atoms. The summed E-state index contributed by atoms with van der Waals surface area (Å²) < 4.78 is 10.3. The SMILES string of the molecule is C#CC[C@@H](OC(=O)[C@@H]1CCCN(C(=O)OC)C1)c1ccccn1. The lowest BCUT2D eigenvalue weighted by molar-refractivity contribution is -0.156. The molecule has 2 atom stereocenters. The maximum Gasteiger partial charge on any atom is 0.409 e. The number of carbonyl (C=O) groups is 2. The molecule has 2 heterocycles. The van der Waals surface area contributed by atoms with Crippen molar-refractivity contribution < 1.29 is 19.1 Å². The van der Waals surface area contributed by atoms with E-state index in [1.165, 1.54) is 12.0 Å². The van der Waals surface area contributed by atoms with Crippen molar-refractivity contribution in [3.63, 3.8) is 0 Å². The fourth-order valence-corrected chi connectivity index (χ4v) is 2.58. The van der Waals surface area contributed by atoms with Crippen molar-refractivity contribution in [3.05, 3.63) is 30.1 Å². The number of piperidine rings is 1. The number of likely N-dealkylation sites (tertiary alicyclic amines) is 1. The van der Waals surface area contributed by atoms with Gasteiger partial charge in [-0.25, -0.2) is 4.79 Å². The smallest absolute Gasteiger partial charge is 0.409 e. The first-order valence-electron chi connectivity index (χ1n) is 7.53. The number of amides is 1. The van der Waals surface area contributed by atoms with E-state index in [0.717, 1.165) is 6.42 Å². The average molecular weight is 316 g/mol. The molecule has 0 aliphatic carbocycles. The van der Waals surface area contributed by atoms with Gasteiger partial charge in [0, 0.05) is 19.3 Å². The predicted molar refractivity (Wildman–Crippen MR) is 83.2 cm³/mol. The molecule has 6 nitrogen and oxygen atoms in total. The van der Waals surface area contributed by atoms with Gasteiger partial charge in [-0.1, -0.05) is 6.07 Å². The van der Waals surface area contributed by atoms with Crippen molar-refractivity contribution in [3.8, 4) is 12.3 Å². The molecule has 1 saturated heterocycles. The molecule has 2 rings (SSSR count). The Kier molecular flexibility index (Phi) is 5.98. The van der Waals surface area contributed by atoms with Crippen molar-refractivity contribution in [1.29, 1.82) is 0 Å². The molecule has 23 heavy (non-hydrogen) atoms. The monoisotopic (exact) mass is 316 g/mol. The number of hydrogen-bond acceptors (Lipinski definition) is 5. The van der Waals surface area contributed by atoms with E-state index in [4.69, 9.17) is 15.9 Å². The van der Waals surface area contributed by atoms with Gasteiger partial charge in [-0.2, -0.15) is 0 Å². The Bertz CT molecular complexity index is 582. The van der Waals surface area contributed by atoms with Crippen LogP contribution in [0.5, 0.6) is 0 Å². The quantitative estimate of drug-likeness (QED) is 0.629. The zero-order chi connectivity index (χ0) is 16.7. The molecule has 0 saturated carbocycles. The minimum absolute atomic E-state index is 0.260. The molecule has 6 heteroatoms. The Morgan fingerprint density at radius 1 is 1.52 bits per heavy atom. The molecule has 1 amide bonds. The van der Waals surface area contributed by atoms with E-state index in [-0.39, 0.29) is 18.3 Å². The molecule has 1 aromatic rings. The first-order chi connectivity index (χ1) is 11.2. The summed E-state index contributed by atoms with van der Waals surface area (Å²) in [7, 11) is 1.33. The van der Waals surface area contributed by atoms with Gasteiger partial charge < -0.3 is 14.4 Å². The van der Waals surface area contributed by atoms with Crippen LogP contribution in [-0.4, -0.2) is 42.1 Å². The highest BCUT2D eigenvalue weighted by Gasteiger charge is 2.31. The molecule has 1 aliphatic rings. The Labute approximate surface area is 135 Å². The van der Waals surface area contributed by atoms with Crippen molar-refractivity contribution in [2.45, 2.75) is 25.4 Å². The third kappa shape index (κ3) is 4.46. The molecule has 0 N–H and O–H groups in total. The summed E-state index contributed by atoms with van der Waals surface area (Å²) in [6.45, 7) is 0.890. The lowest BCUT2D eigenvalue weighted by atomic mass is 9.98. The molecule has 1 aromatic heterocycles. The zero-order valence-corrected chi connectivity index (χ0v) is 13.1. The highest BCUT2D eigenvalue weighted by Crippen LogP contribution is 2.24. The number of pyridine rings is 1. The van der Waals surface area contributed by atoms with E-state index < -0.39 is 12.2 Å². The van der Waals surface area contributed by atoms with Gasteiger partial charge >= 0.3 is 12.1 Å². The molecule has 0 radical (unpaired) electrons. The van der Waals surface area contributed by atoms with Gasteiger partial charge in [0.05, 0.1) is 25.1 Å². The summed E-state index contributed by atoms with van der Waals surface area (Å²) in [5.74, 6) is 1.78. The molecular weight excluding hydrogens is 296 g/mol. The molecule has 0 aromatic carbocycles. The third-order valence-electron chi connectivity index (χ3n) is 3.77. The van der Waals surface area contributed by atoms with E-state index in [1.54, 1.807) is 18.3 Å². The summed E-state index contributed by atoms with van der Waals surface area (Å²) in [5, 5.41) is 0. The molecule has 0 bridgehead atoms. The molecular formula is C17H20N2O4. The number of aromatic nitrogens is 1. The number of nitrogens with zero attached hydrogens (tertiary/aromatic N) is 2. The molecule has 1 aliphatic heterocycles. The van der Waals surface area contributed by atoms with Gasteiger partial charge in [0.25, 0.3) is 0 Å². The Balaban J connectivity index is 2.01. The predicted octanol–water partition coefficient (Wildman–Crippen LogP) is 2.17. The van der Waals surface area contributed by atoms with Crippen molar-refractivity contribution in [2.24, 2.45) is 5.92 Å². The molecule has 1 fully saturated rings. The van der Waals surface area contributed by atoms with Crippen LogP contribution < -0.4 is 0 Å². The van der Waals surface area contributed by atoms with Gasteiger partial charge in [0.15, 0.2) is 6.10 Å². The number of terminal acetylenes is 1. The number of methoxy groups -OCH3 is 1. The van der Waals surface area contributed by atoms with Crippen LogP contribution in [0.2, 0.25) is 0 Å². The van der Waals surface area contributed by atoms with Crippen molar-refractivity contribution >= 4 is 12.1 Å². The summed E-state index contributed by atoms with van der Waals surface area (Å²) in [6.07, 6.45) is 7.67. The molecule has 0 unspecified atom stereocenters. The first-order valence-corrected chi connectivity index (χ1v) is 7.53. The van der Waals surface area contributed by atoms with Crippen LogP contribution in [0.4, 0.5) is 4.79 Å². The lowest BCUT2D eigenvalue weighted by Gasteiger charge is -2.31. The minimum Gasteiger partial charge on any atom is -0.455 e. The Morgan fingerprint density at radius 3 is 3.00 bits per heavy atom. The number of esters is 1. The topological polar surface area (TPSA) is 68.7 Å². The highest BCUT2D eigenvalue weighted by atomic mass is 16.5. The standard InChI is InChI=1S/C17H20N2O4/c1-3-7-15(14-9-4-5-10-18-14)23-16(20)13-8-6-11-19(12-13)17(21)22-2/h1,4-5,9-10,13,15H,6-8,11-12H2,2H3/t13-,15-/m1/s1.